The number of thiophene rings is 1. The summed E-state index contributed by atoms with van der Waals surface area (Å²) in [5.41, 5.74) is 0.607. The van der Waals surface area contributed by atoms with Gasteiger partial charge in [-0.05, 0) is 23.6 Å². The quantitative estimate of drug-likeness (QED) is 0.676. The monoisotopic (exact) mass is 370 g/mol. The fraction of sp³-hybridized carbons (Fsp3) is 0.211. The second-order valence-electron chi connectivity index (χ2n) is 5.74. The molecule has 1 aromatic carbocycles. The molecule has 3 rings (SSSR count). The lowest BCUT2D eigenvalue weighted by Crippen LogP contribution is -2.33. The zero-order chi connectivity index (χ0) is 18.5. The molecular formula is C19H18N2O4S. The normalized spacial score (nSPS) is 11.9. The summed E-state index contributed by atoms with van der Waals surface area (Å²) in [6.45, 7) is 0.0455. The maximum Gasteiger partial charge on any atom is 0.307 e. The Bertz CT molecular complexity index is 979. The van der Waals surface area contributed by atoms with Gasteiger partial charge in [0.1, 0.15) is 6.54 Å². The molecule has 1 atom stereocenters. The van der Waals surface area contributed by atoms with E-state index in [1.165, 1.54) is 24.5 Å². The van der Waals surface area contributed by atoms with Gasteiger partial charge in [0.2, 0.25) is 5.91 Å². The molecule has 0 fully saturated rings. The van der Waals surface area contributed by atoms with E-state index < -0.39 is 12.0 Å². The van der Waals surface area contributed by atoms with E-state index in [-0.39, 0.29) is 24.3 Å². The van der Waals surface area contributed by atoms with E-state index >= 15 is 0 Å². The Morgan fingerprint density at radius 1 is 1.19 bits per heavy atom. The molecule has 7 heteroatoms. The third-order valence-electron chi connectivity index (χ3n) is 4.02. The van der Waals surface area contributed by atoms with Crippen LogP contribution < -0.4 is 10.7 Å². The summed E-state index contributed by atoms with van der Waals surface area (Å²) in [6, 6.07) is 11.9. The van der Waals surface area contributed by atoms with Gasteiger partial charge in [0, 0.05) is 22.5 Å². The fourth-order valence-corrected chi connectivity index (χ4v) is 3.53. The SMILES string of the molecule is COC(=O)C[C@H](NC(=O)Cn1ccc(=O)c2ccccc21)c1cccs1. The lowest BCUT2D eigenvalue weighted by Gasteiger charge is -2.17. The molecule has 0 unspecified atom stereocenters. The summed E-state index contributed by atoms with van der Waals surface area (Å²) in [5, 5.41) is 5.34. The van der Waals surface area contributed by atoms with Crippen LogP contribution in [0.1, 0.15) is 17.3 Å². The number of hydrogen-bond acceptors (Lipinski definition) is 5. The smallest absolute Gasteiger partial charge is 0.307 e. The number of rotatable bonds is 6. The second-order valence-corrected chi connectivity index (χ2v) is 6.72. The molecule has 0 bridgehead atoms. The van der Waals surface area contributed by atoms with Crippen LogP contribution in [0.5, 0.6) is 0 Å². The lowest BCUT2D eigenvalue weighted by atomic mass is 10.1. The Balaban J connectivity index is 1.80. The molecule has 0 radical (unpaired) electrons. The van der Waals surface area contributed by atoms with E-state index in [4.69, 9.17) is 4.74 Å². The second kappa shape index (κ2) is 7.97. The molecule has 1 N–H and O–H groups in total. The Morgan fingerprint density at radius 3 is 2.73 bits per heavy atom. The molecule has 0 aliphatic carbocycles. The van der Waals surface area contributed by atoms with Crippen molar-refractivity contribution in [2.24, 2.45) is 0 Å². The fourth-order valence-electron chi connectivity index (χ4n) is 2.76. The van der Waals surface area contributed by atoms with Gasteiger partial charge >= 0.3 is 5.97 Å². The van der Waals surface area contributed by atoms with Gasteiger partial charge in [0.15, 0.2) is 5.43 Å². The predicted octanol–water partition coefficient (Wildman–Crippen LogP) is 2.48. The van der Waals surface area contributed by atoms with Crippen LogP contribution in [0, 0.1) is 0 Å². The van der Waals surface area contributed by atoms with Crippen LogP contribution in [0.15, 0.2) is 58.8 Å². The van der Waals surface area contributed by atoms with Gasteiger partial charge < -0.3 is 14.6 Å². The molecule has 6 nitrogen and oxygen atoms in total. The topological polar surface area (TPSA) is 77.4 Å². The minimum atomic E-state index is -0.444. The third-order valence-corrected chi connectivity index (χ3v) is 5.01. The number of aromatic nitrogens is 1. The number of carbonyl (C=O) groups is 2. The Hall–Kier alpha value is -2.93. The van der Waals surface area contributed by atoms with Crippen molar-refractivity contribution in [1.82, 2.24) is 9.88 Å². The number of para-hydroxylation sites is 1. The van der Waals surface area contributed by atoms with Gasteiger partial charge in [0.25, 0.3) is 0 Å². The third kappa shape index (κ3) is 4.00. The lowest BCUT2D eigenvalue weighted by molar-refractivity contribution is -0.141. The summed E-state index contributed by atoms with van der Waals surface area (Å²) in [4.78, 5) is 37.0. The van der Waals surface area contributed by atoms with E-state index in [9.17, 15) is 14.4 Å². The van der Waals surface area contributed by atoms with Crippen LogP contribution in [0.2, 0.25) is 0 Å². The molecule has 0 aliphatic rings. The first-order valence-corrected chi connectivity index (χ1v) is 8.94. The first-order chi connectivity index (χ1) is 12.6. The van der Waals surface area contributed by atoms with Crippen LogP contribution in [0.4, 0.5) is 0 Å². The molecule has 0 aliphatic heterocycles. The summed E-state index contributed by atoms with van der Waals surface area (Å²) >= 11 is 1.47. The minimum Gasteiger partial charge on any atom is -0.469 e. The number of amides is 1. The summed E-state index contributed by atoms with van der Waals surface area (Å²) in [5.74, 6) is -0.640. The van der Waals surface area contributed by atoms with Crippen LogP contribution in [-0.4, -0.2) is 23.6 Å². The average molecular weight is 370 g/mol. The van der Waals surface area contributed by atoms with Gasteiger partial charge in [-0.15, -0.1) is 11.3 Å². The Kier molecular flexibility index (Phi) is 5.48. The highest BCUT2D eigenvalue weighted by Crippen LogP contribution is 2.22. The van der Waals surface area contributed by atoms with Gasteiger partial charge in [-0.1, -0.05) is 18.2 Å². The zero-order valence-corrected chi connectivity index (χ0v) is 15.0. The molecule has 2 aromatic heterocycles. The van der Waals surface area contributed by atoms with Gasteiger partial charge in [-0.3, -0.25) is 14.4 Å². The number of carbonyl (C=O) groups excluding carboxylic acids is 2. The molecular weight excluding hydrogens is 352 g/mol. The first-order valence-electron chi connectivity index (χ1n) is 8.06. The van der Waals surface area contributed by atoms with Crippen molar-refractivity contribution in [2.75, 3.05) is 7.11 Å². The van der Waals surface area contributed by atoms with Crippen molar-refractivity contribution < 1.29 is 14.3 Å². The van der Waals surface area contributed by atoms with Crippen LogP contribution in [-0.2, 0) is 20.9 Å². The van der Waals surface area contributed by atoms with E-state index in [0.29, 0.717) is 10.9 Å². The highest BCUT2D eigenvalue weighted by atomic mass is 32.1. The van der Waals surface area contributed by atoms with Crippen molar-refractivity contribution in [3.05, 3.63) is 69.1 Å². The number of esters is 1. The van der Waals surface area contributed by atoms with Crippen molar-refractivity contribution >= 4 is 34.1 Å². The largest absolute Gasteiger partial charge is 0.469 e. The summed E-state index contributed by atoms with van der Waals surface area (Å²) < 4.78 is 6.44. The molecule has 0 saturated carbocycles. The first kappa shape index (κ1) is 17.9. The molecule has 3 aromatic rings. The van der Waals surface area contributed by atoms with E-state index in [2.05, 4.69) is 5.32 Å². The predicted molar refractivity (Wildman–Crippen MR) is 100 cm³/mol. The number of ether oxygens (including phenoxy) is 1. The van der Waals surface area contributed by atoms with Crippen molar-refractivity contribution in [3.63, 3.8) is 0 Å². The number of nitrogens with zero attached hydrogens (tertiary/aromatic N) is 1. The van der Waals surface area contributed by atoms with E-state index in [0.717, 1.165) is 4.88 Å². The average Bonchev–Trinajstić information content (AvgIpc) is 3.18. The summed E-state index contributed by atoms with van der Waals surface area (Å²) in [6.07, 6.45) is 1.67. The molecule has 0 saturated heterocycles. The highest BCUT2D eigenvalue weighted by molar-refractivity contribution is 7.10. The molecule has 2 heterocycles. The number of benzene rings is 1. The van der Waals surface area contributed by atoms with E-state index in [1.807, 2.05) is 23.6 Å². The number of hydrogen-bond donors (Lipinski definition) is 1. The molecule has 1 amide bonds. The number of nitrogens with one attached hydrogen (secondary N) is 1. The van der Waals surface area contributed by atoms with Crippen molar-refractivity contribution in [1.29, 1.82) is 0 Å². The van der Waals surface area contributed by atoms with Crippen molar-refractivity contribution in [2.45, 2.75) is 19.0 Å². The number of methoxy groups -OCH3 is 1. The van der Waals surface area contributed by atoms with Crippen LogP contribution in [0.25, 0.3) is 10.9 Å². The van der Waals surface area contributed by atoms with Gasteiger partial charge in [0.05, 0.1) is 25.1 Å². The number of pyridine rings is 1. The summed E-state index contributed by atoms with van der Waals surface area (Å²) in [7, 11) is 1.32. The molecule has 26 heavy (non-hydrogen) atoms. The maximum atomic E-state index is 12.6. The molecule has 134 valence electrons. The van der Waals surface area contributed by atoms with Crippen molar-refractivity contribution in [3.8, 4) is 0 Å². The van der Waals surface area contributed by atoms with Crippen LogP contribution in [0.3, 0.4) is 0 Å². The highest BCUT2D eigenvalue weighted by Gasteiger charge is 2.20. The molecule has 0 spiro atoms. The van der Waals surface area contributed by atoms with Crippen LogP contribution >= 0.6 is 11.3 Å². The number of fused-ring (bicyclic) bond motifs is 1. The van der Waals surface area contributed by atoms with E-state index in [1.54, 1.807) is 29.0 Å². The maximum absolute atomic E-state index is 12.6. The van der Waals surface area contributed by atoms with Gasteiger partial charge in [-0.2, -0.15) is 0 Å². The Morgan fingerprint density at radius 2 is 2.00 bits per heavy atom. The standard InChI is InChI=1S/C19H18N2O4S/c1-25-19(24)11-14(17-7-4-10-26-17)20-18(23)12-21-9-8-16(22)13-5-2-3-6-15(13)21/h2-10,14H,11-12H2,1H3,(H,20,23)/t14-/m0/s1. The minimum absolute atomic E-state index is 0.0455. The van der Waals surface area contributed by atoms with Gasteiger partial charge in [-0.25, -0.2) is 0 Å². The Labute approximate surface area is 154 Å². The zero-order valence-electron chi connectivity index (χ0n) is 14.2.